The van der Waals surface area contributed by atoms with Crippen LogP contribution in [0.25, 0.3) is 0 Å². The summed E-state index contributed by atoms with van der Waals surface area (Å²) in [5.41, 5.74) is 3.27. The average Bonchev–Trinajstić information content (AvgIpc) is 2.87. The van der Waals surface area contributed by atoms with Crippen LogP contribution in [0.1, 0.15) is 56.7 Å². The number of benzene rings is 2. The lowest BCUT2D eigenvalue weighted by Crippen LogP contribution is -2.55. The van der Waals surface area contributed by atoms with Gasteiger partial charge in [0.1, 0.15) is 11.8 Å². The molecule has 2 aliphatic heterocycles. The molecular formula is C29H38N2O4. The van der Waals surface area contributed by atoms with Gasteiger partial charge in [0.2, 0.25) is 11.8 Å². The molecule has 2 aliphatic rings. The second-order valence-electron chi connectivity index (χ2n) is 10.2. The van der Waals surface area contributed by atoms with E-state index in [1.54, 1.807) is 4.90 Å². The van der Waals surface area contributed by atoms with Gasteiger partial charge in [0.15, 0.2) is 0 Å². The van der Waals surface area contributed by atoms with Gasteiger partial charge < -0.3 is 19.7 Å². The molecule has 2 heterocycles. The summed E-state index contributed by atoms with van der Waals surface area (Å²) in [4.78, 5) is 28.5. The number of amides is 2. The van der Waals surface area contributed by atoms with Gasteiger partial charge >= 0.3 is 0 Å². The smallest absolute Gasteiger partial charge is 0.243 e. The number of ether oxygens (including phenoxy) is 2. The molecule has 1 unspecified atom stereocenters. The summed E-state index contributed by atoms with van der Waals surface area (Å²) in [6.45, 7) is 9.02. The molecule has 2 aromatic rings. The van der Waals surface area contributed by atoms with E-state index < -0.39 is 6.04 Å². The van der Waals surface area contributed by atoms with E-state index in [0.717, 1.165) is 29.7 Å². The maximum atomic E-state index is 13.6. The first-order chi connectivity index (χ1) is 16.9. The Bertz CT molecular complexity index is 1010. The van der Waals surface area contributed by atoms with Crippen LogP contribution in [-0.4, -0.2) is 49.1 Å². The van der Waals surface area contributed by atoms with Gasteiger partial charge in [0.25, 0.3) is 0 Å². The third-order valence-electron chi connectivity index (χ3n) is 7.28. The topological polar surface area (TPSA) is 67.9 Å². The predicted molar refractivity (Wildman–Crippen MR) is 136 cm³/mol. The summed E-state index contributed by atoms with van der Waals surface area (Å²) in [5, 5.41) is 3.25. The third-order valence-corrected chi connectivity index (χ3v) is 7.28. The van der Waals surface area contributed by atoms with Crippen molar-refractivity contribution in [3.8, 4) is 5.75 Å². The molecule has 6 heteroatoms. The maximum absolute atomic E-state index is 13.6. The molecule has 0 aromatic heterocycles. The number of hydrogen-bond acceptors (Lipinski definition) is 4. The first kappa shape index (κ1) is 25.2. The number of carbonyl (C=O) groups is 2. The lowest BCUT2D eigenvalue weighted by molar-refractivity contribution is -0.142. The summed E-state index contributed by atoms with van der Waals surface area (Å²) in [7, 11) is 0. The fourth-order valence-corrected chi connectivity index (χ4v) is 5.26. The molecule has 188 valence electrons. The van der Waals surface area contributed by atoms with Crippen molar-refractivity contribution in [1.82, 2.24) is 10.2 Å². The molecule has 1 atom stereocenters. The predicted octanol–water partition coefficient (Wildman–Crippen LogP) is 4.25. The highest BCUT2D eigenvalue weighted by Crippen LogP contribution is 2.35. The van der Waals surface area contributed by atoms with E-state index in [2.05, 4.69) is 29.6 Å². The van der Waals surface area contributed by atoms with Gasteiger partial charge in [-0.15, -0.1) is 0 Å². The Morgan fingerprint density at radius 1 is 1.09 bits per heavy atom. The number of nitrogens with zero attached hydrogens (tertiary/aromatic N) is 1. The summed E-state index contributed by atoms with van der Waals surface area (Å²) < 4.78 is 11.3. The van der Waals surface area contributed by atoms with Crippen molar-refractivity contribution >= 4 is 11.8 Å². The largest absolute Gasteiger partial charge is 0.494 e. The van der Waals surface area contributed by atoms with Crippen LogP contribution in [0.3, 0.4) is 0 Å². The summed E-state index contributed by atoms with van der Waals surface area (Å²) in [6.07, 6.45) is 2.67. The number of carbonyl (C=O) groups excluding carboxylic acids is 2. The van der Waals surface area contributed by atoms with Crippen molar-refractivity contribution in [2.75, 3.05) is 26.4 Å². The van der Waals surface area contributed by atoms with E-state index in [1.165, 1.54) is 5.56 Å². The Morgan fingerprint density at radius 3 is 2.43 bits per heavy atom. The lowest BCUT2D eigenvalue weighted by Gasteiger charge is -2.40. The normalized spacial score (nSPS) is 19.2. The van der Waals surface area contributed by atoms with Gasteiger partial charge in [-0.05, 0) is 54.5 Å². The van der Waals surface area contributed by atoms with E-state index in [1.807, 2.05) is 45.0 Å². The molecule has 0 bridgehead atoms. The highest BCUT2D eigenvalue weighted by atomic mass is 16.5. The molecule has 1 saturated heterocycles. The van der Waals surface area contributed by atoms with Crippen molar-refractivity contribution in [3.63, 3.8) is 0 Å². The second kappa shape index (κ2) is 11.3. The summed E-state index contributed by atoms with van der Waals surface area (Å²) >= 11 is 0. The highest BCUT2D eigenvalue weighted by molar-refractivity contribution is 5.88. The van der Waals surface area contributed by atoms with Crippen LogP contribution in [0, 0.1) is 5.92 Å². The molecular weight excluding hydrogens is 440 g/mol. The van der Waals surface area contributed by atoms with Crippen LogP contribution in [0.2, 0.25) is 0 Å². The minimum Gasteiger partial charge on any atom is -0.494 e. The Balaban J connectivity index is 1.53. The quantitative estimate of drug-likeness (QED) is 0.616. The van der Waals surface area contributed by atoms with E-state index in [4.69, 9.17) is 9.47 Å². The Kier molecular flexibility index (Phi) is 8.11. The zero-order valence-corrected chi connectivity index (χ0v) is 21.2. The van der Waals surface area contributed by atoms with Gasteiger partial charge in [-0.2, -0.15) is 0 Å². The van der Waals surface area contributed by atoms with Crippen LogP contribution in [0.15, 0.2) is 48.5 Å². The number of nitrogens with one attached hydrogen (secondary N) is 1. The van der Waals surface area contributed by atoms with Gasteiger partial charge in [-0.3, -0.25) is 9.59 Å². The van der Waals surface area contributed by atoms with Crippen LogP contribution in [0.5, 0.6) is 5.75 Å². The van der Waals surface area contributed by atoms with Crippen molar-refractivity contribution in [1.29, 1.82) is 0 Å². The van der Waals surface area contributed by atoms with E-state index in [9.17, 15) is 9.59 Å². The molecule has 0 radical (unpaired) electrons. The van der Waals surface area contributed by atoms with Gasteiger partial charge in [-0.25, -0.2) is 0 Å². The molecule has 6 nitrogen and oxygen atoms in total. The molecule has 4 rings (SSSR count). The van der Waals surface area contributed by atoms with Gasteiger partial charge in [0, 0.05) is 44.6 Å². The number of hydrogen-bond donors (Lipinski definition) is 1. The van der Waals surface area contributed by atoms with E-state index in [-0.39, 0.29) is 23.1 Å². The van der Waals surface area contributed by atoms with Crippen LogP contribution < -0.4 is 10.1 Å². The van der Waals surface area contributed by atoms with Crippen molar-refractivity contribution in [2.24, 2.45) is 5.92 Å². The SMILES string of the molecule is CCOc1ccc(C2(CNC(=O)C3Cc4ccccc4CN3C(=O)CC(C)C)CCOCC2)cc1. The minimum absolute atomic E-state index is 0.0435. The maximum Gasteiger partial charge on any atom is 0.243 e. The monoisotopic (exact) mass is 478 g/mol. The van der Waals surface area contributed by atoms with Gasteiger partial charge in [-0.1, -0.05) is 50.2 Å². The molecule has 0 saturated carbocycles. The Morgan fingerprint density at radius 2 is 1.77 bits per heavy atom. The Labute approximate surface area is 209 Å². The minimum atomic E-state index is -0.492. The molecule has 2 aromatic carbocycles. The fraction of sp³-hybridized carbons (Fsp3) is 0.517. The Hall–Kier alpha value is -2.86. The summed E-state index contributed by atoms with van der Waals surface area (Å²) in [6, 6.07) is 15.9. The molecule has 0 spiro atoms. The van der Waals surface area contributed by atoms with Crippen LogP contribution in [0.4, 0.5) is 0 Å². The molecule has 0 aliphatic carbocycles. The lowest BCUT2D eigenvalue weighted by atomic mass is 9.74. The zero-order chi connectivity index (χ0) is 24.8. The average molecular weight is 479 g/mol. The first-order valence-corrected chi connectivity index (χ1v) is 12.9. The standard InChI is InChI=1S/C29H38N2O4/c1-4-35-25-11-9-24(10-12-25)29(13-15-34-16-14-29)20-30-28(33)26-18-22-7-5-6-8-23(22)19-31(26)27(32)17-21(2)3/h5-12,21,26H,4,13-20H2,1-3H3,(H,30,33). The fourth-order valence-electron chi connectivity index (χ4n) is 5.26. The molecule has 1 N–H and O–H groups in total. The van der Waals surface area contributed by atoms with Crippen molar-refractivity contribution in [2.45, 2.75) is 64.5 Å². The molecule has 1 fully saturated rings. The van der Waals surface area contributed by atoms with Crippen molar-refractivity contribution < 1.29 is 19.1 Å². The van der Waals surface area contributed by atoms with E-state index >= 15 is 0 Å². The zero-order valence-electron chi connectivity index (χ0n) is 21.2. The highest BCUT2D eigenvalue weighted by Gasteiger charge is 2.38. The molecule has 2 amide bonds. The summed E-state index contributed by atoms with van der Waals surface area (Å²) in [5.74, 6) is 1.06. The number of fused-ring (bicyclic) bond motifs is 1. The molecule has 35 heavy (non-hydrogen) atoms. The first-order valence-electron chi connectivity index (χ1n) is 12.9. The number of rotatable bonds is 8. The third kappa shape index (κ3) is 5.87. The van der Waals surface area contributed by atoms with E-state index in [0.29, 0.717) is 45.8 Å². The second-order valence-corrected chi connectivity index (χ2v) is 10.2. The van der Waals surface area contributed by atoms with Gasteiger partial charge in [0.05, 0.1) is 6.61 Å². The van der Waals surface area contributed by atoms with Crippen LogP contribution >= 0.6 is 0 Å². The van der Waals surface area contributed by atoms with Crippen LogP contribution in [-0.2, 0) is 32.7 Å². The van der Waals surface area contributed by atoms with Crippen molar-refractivity contribution in [3.05, 3.63) is 65.2 Å².